The lowest BCUT2D eigenvalue weighted by molar-refractivity contribution is -0.140. The normalized spacial score (nSPS) is 29.6. The number of carbonyl (C=O) groups excluding carboxylic acids is 1. The van der Waals surface area contributed by atoms with Gasteiger partial charge in [0.15, 0.2) is 5.69 Å². The van der Waals surface area contributed by atoms with Crippen molar-refractivity contribution in [1.29, 1.82) is 0 Å². The van der Waals surface area contributed by atoms with Gasteiger partial charge in [-0.3, -0.25) is 14.5 Å². The number of fused-ring (bicyclic) bond motifs is 3. The van der Waals surface area contributed by atoms with Gasteiger partial charge in [-0.1, -0.05) is 43.0 Å². The SMILES string of the molecule is CC1CC(n2c(=O)c(/C(=N/OC(C)(C)C(N)=O)C(=O)O)nc3ccccc32)C[C@@H](C)N1C1CC2CCCC[C@@H](C2)C1. The van der Waals surface area contributed by atoms with E-state index in [2.05, 4.69) is 28.9 Å². The lowest BCUT2D eigenvalue weighted by Crippen LogP contribution is -2.54. The first-order chi connectivity index (χ1) is 19.5. The van der Waals surface area contributed by atoms with Crippen LogP contribution in [-0.2, 0) is 14.4 Å². The van der Waals surface area contributed by atoms with E-state index in [1.54, 1.807) is 16.7 Å². The van der Waals surface area contributed by atoms with Gasteiger partial charge in [-0.2, -0.15) is 0 Å². The zero-order valence-electron chi connectivity index (χ0n) is 24.6. The summed E-state index contributed by atoms with van der Waals surface area (Å²) in [5.74, 6) is -0.653. The maximum atomic E-state index is 14.0. The van der Waals surface area contributed by atoms with Gasteiger partial charge in [0.25, 0.3) is 11.5 Å². The first-order valence-electron chi connectivity index (χ1n) is 15.0. The number of carboxylic acid groups (broad SMARTS) is 1. The van der Waals surface area contributed by atoms with Crippen LogP contribution in [0.5, 0.6) is 0 Å². The summed E-state index contributed by atoms with van der Waals surface area (Å²) in [4.78, 5) is 50.4. The van der Waals surface area contributed by atoms with Gasteiger partial charge in [-0.05, 0) is 83.8 Å². The van der Waals surface area contributed by atoms with Gasteiger partial charge >= 0.3 is 5.97 Å². The Bertz CT molecular complexity index is 1380. The smallest absolute Gasteiger partial charge is 0.360 e. The van der Waals surface area contributed by atoms with E-state index >= 15 is 0 Å². The van der Waals surface area contributed by atoms with Crippen molar-refractivity contribution in [3.63, 3.8) is 0 Å². The molecular weight excluding hydrogens is 522 g/mol. The highest BCUT2D eigenvalue weighted by molar-refractivity contribution is 6.41. The lowest BCUT2D eigenvalue weighted by atomic mass is 9.75. The van der Waals surface area contributed by atoms with Crippen LogP contribution in [0.2, 0.25) is 0 Å². The van der Waals surface area contributed by atoms with E-state index in [-0.39, 0.29) is 23.8 Å². The van der Waals surface area contributed by atoms with Crippen LogP contribution in [0.1, 0.15) is 97.2 Å². The number of nitrogens with zero attached hydrogens (tertiary/aromatic N) is 4. The third kappa shape index (κ3) is 5.89. The molecule has 10 heteroatoms. The first kappa shape index (κ1) is 29.2. The number of primary amides is 1. The minimum absolute atomic E-state index is 0.140. The summed E-state index contributed by atoms with van der Waals surface area (Å²) in [5, 5.41) is 13.7. The molecule has 0 spiro atoms. The molecule has 3 fully saturated rings. The number of aromatic nitrogens is 2. The summed E-state index contributed by atoms with van der Waals surface area (Å²) >= 11 is 0. The molecule has 3 N–H and O–H groups in total. The molecule has 3 aliphatic rings. The molecule has 1 amide bonds. The average Bonchev–Trinajstić information content (AvgIpc) is 3.07. The summed E-state index contributed by atoms with van der Waals surface area (Å²) < 4.78 is 1.71. The summed E-state index contributed by atoms with van der Waals surface area (Å²) in [6.07, 6.45) is 10.9. The van der Waals surface area contributed by atoms with Gasteiger partial charge in [-0.15, -0.1) is 0 Å². The van der Waals surface area contributed by atoms with Crippen molar-refractivity contribution in [3.8, 4) is 0 Å². The maximum Gasteiger partial charge on any atom is 0.360 e. The van der Waals surface area contributed by atoms with Gasteiger partial charge in [0, 0.05) is 24.2 Å². The summed E-state index contributed by atoms with van der Waals surface area (Å²) in [6.45, 7) is 7.28. The van der Waals surface area contributed by atoms with Crippen LogP contribution < -0.4 is 11.3 Å². The second-order valence-corrected chi connectivity index (χ2v) is 13.0. The molecule has 2 heterocycles. The molecule has 2 aliphatic carbocycles. The molecule has 2 saturated carbocycles. The predicted octanol–water partition coefficient (Wildman–Crippen LogP) is 4.24. The fraction of sp³-hybridized carbons (Fsp3) is 0.645. The summed E-state index contributed by atoms with van der Waals surface area (Å²) in [7, 11) is 0. The van der Waals surface area contributed by atoms with Crippen molar-refractivity contribution in [2.75, 3.05) is 0 Å². The molecule has 1 saturated heterocycles. The number of benzene rings is 1. The molecule has 2 bridgehead atoms. The number of carboxylic acids is 1. The van der Waals surface area contributed by atoms with Crippen molar-refractivity contribution in [1.82, 2.24) is 14.5 Å². The van der Waals surface area contributed by atoms with Crippen LogP contribution in [-0.4, -0.2) is 60.9 Å². The fourth-order valence-electron chi connectivity index (χ4n) is 7.66. The minimum Gasteiger partial charge on any atom is -0.476 e. The van der Waals surface area contributed by atoms with E-state index in [4.69, 9.17) is 10.6 Å². The number of amides is 1. The van der Waals surface area contributed by atoms with Crippen LogP contribution in [0.15, 0.2) is 34.2 Å². The number of likely N-dealkylation sites (tertiary alicyclic amines) is 1. The Labute approximate surface area is 240 Å². The molecule has 4 unspecified atom stereocenters. The molecule has 10 nitrogen and oxygen atoms in total. The largest absolute Gasteiger partial charge is 0.476 e. The molecule has 1 aromatic carbocycles. The lowest BCUT2D eigenvalue weighted by Gasteiger charge is -2.50. The first-order valence-corrected chi connectivity index (χ1v) is 15.0. The van der Waals surface area contributed by atoms with Crippen molar-refractivity contribution in [3.05, 3.63) is 40.3 Å². The van der Waals surface area contributed by atoms with Gasteiger partial charge in [0.1, 0.15) is 0 Å². The Kier molecular flexibility index (Phi) is 8.23. The summed E-state index contributed by atoms with van der Waals surface area (Å²) in [6, 6.07) is 8.23. The average molecular weight is 566 g/mol. The zero-order chi connectivity index (χ0) is 29.5. The van der Waals surface area contributed by atoms with Crippen LogP contribution >= 0.6 is 0 Å². The molecule has 1 aliphatic heterocycles. The number of aliphatic carboxylic acids is 1. The van der Waals surface area contributed by atoms with Gasteiger partial charge in [0.05, 0.1) is 11.0 Å². The Balaban J connectivity index is 1.50. The number of para-hydroxylation sites is 2. The van der Waals surface area contributed by atoms with E-state index in [0.717, 1.165) is 24.7 Å². The Hall–Kier alpha value is -3.27. The monoisotopic (exact) mass is 565 g/mol. The zero-order valence-corrected chi connectivity index (χ0v) is 24.6. The summed E-state index contributed by atoms with van der Waals surface area (Å²) in [5.41, 5.74) is 3.42. The number of oxime groups is 1. The van der Waals surface area contributed by atoms with Gasteiger partial charge < -0.3 is 20.2 Å². The quantitative estimate of drug-likeness (QED) is 0.378. The van der Waals surface area contributed by atoms with E-state index in [1.807, 2.05) is 12.1 Å². The highest BCUT2D eigenvalue weighted by Gasteiger charge is 2.41. The maximum absolute atomic E-state index is 14.0. The van der Waals surface area contributed by atoms with Crippen molar-refractivity contribution < 1.29 is 19.5 Å². The van der Waals surface area contributed by atoms with E-state index in [0.29, 0.717) is 17.1 Å². The van der Waals surface area contributed by atoms with Crippen LogP contribution in [0.4, 0.5) is 0 Å². The number of piperidine rings is 1. The second-order valence-electron chi connectivity index (χ2n) is 13.0. The van der Waals surface area contributed by atoms with E-state index < -0.39 is 28.7 Å². The highest BCUT2D eigenvalue weighted by Crippen LogP contribution is 2.43. The van der Waals surface area contributed by atoms with Crippen LogP contribution in [0.25, 0.3) is 11.0 Å². The molecule has 41 heavy (non-hydrogen) atoms. The minimum atomic E-state index is -1.56. The van der Waals surface area contributed by atoms with Gasteiger partial charge in [-0.25, -0.2) is 9.78 Å². The molecule has 2 aromatic rings. The highest BCUT2D eigenvalue weighted by atomic mass is 16.7. The predicted molar refractivity (Wildman–Crippen MR) is 157 cm³/mol. The number of nitrogens with two attached hydrogens (primary N) is 1. The molecule has 222 valence electrons. The molecular formula is C31H43N5O5. The van der Waals surface area contributed by atoms with Crippen LogP contribution in [0.3, 0.4) is 0 Å². The molecule has 1 aromatic heterocycles. The Morgan fingerprint density at radius 2 is 1.61 bits per heavy atom. The number of hydrogen-bond acceptors (Lipinski definition) is 7. The van der Waals surface area contributed by atoms with Crippen molar-refractivity contribution in [2.24, 2.45) is 22.7 Å². The van der Waals surface area contributed by atoms with Crippen molar-refractivity contribution >= 4 is 28.6 Å². The fourth-order valence-corrected chi connectivity index (χ4v) is 7.66. The number of rotatable bonds is 7. The topological polar surface area (TPSA) is 140 Å². The van der Waals surface area contributed by atoms with Gasteiger partial charge in [0.2, 0.25) is 11.3 Å². The Morgan fingerprint density at radius 1 is 1.00 bits per heavy atom. The molecule has 6 atom stereocenters. The third-order valence-electron chi connectivity index (χ3n) is 9.56. The van der Waals surface area contributed by atoms with Crippen molar-refractivity contribution in [2.45, 2.75) is 115 Å². The molecule has 5 rings (SSSR count). The third-order valence-corrected chi connectivity index (χ3v) is 9.56. The van der Waals surface area contributed by atoms with Crippen LogP contribution in [0, 0.1) is 11.8 Å². The molecule has 0 radical (unpaired) electrons. The number of carbonyl (C=O) groups is 2. The van der Waals surface area contributed by atoms with E-state index in [1.165, 1.54) is 58.8 Å². The number of hydrogen-bond donors (Lipinski definition) is 2. The standard InChI is InChI=1S/C31H43N5O5/c1-18-13-22(14-19(2)35(18)23-16-20-9-5-6-10-21(15-20)17-23)36-25-12-8-7-11-24(25)33-26(28(36)37)27(29(38)39)34-41-31(3,4)30(32)40/h7-8,11-12,18-23H,5-6,9-10,13-17H2,1-4H3,(H2,32,40)(H,38,39)/b34-27-/t18-,19?,20+,21?,22?,23?/m1/s1. The second kappa shape index (κ2) is 11.5. The Morgan fingerprint density at radius 3 is 2.20 bits per heavy atom. The van der Waals surface area contributed by atoms with E-state index in [9.17, 15) is 19.5 Å².